The molecule has 1 aromatic carbocycles. The molecule has 0 bridgehead atoms. The fraction of sp³-hybridized carbons (Fsp3) is 0.385. The smallest absolute Gasteiger partial charge is 0.163 e. The van der Waals surface area contributed by atoms with Crippen LogP contribution in [0.15, 0.2) is 18.3 Å². The van der Waals surface area contributed by atoms with Crippen molar-refractivity contribution in [2.45, 2.75) is 19.3 Å². The molecule has 6 heteroatoms. The number of aromatic amines is 1. The maximum absolute atomic E-state index is 14.1. The average Bonchev–Trinajstić information content (AvgIpc) is 2.90. The summed E-state index contributed by atoms with van der Waals surface area (Å²) in [5.74, 6) is 0.557. The first kappa shape index (κ1) is 13.3. The van der Waals surface area contributed by atoms with Gasteiger partial charge in [-0.2, -0.15) is 15.4 Å². The number of benzene rings is 1. The van der Waals surface area contributed by atoms with Gasteiger partial charge in [-0.05, 0) is 24.0 Å². The Morgan fingerprint density at radius 2 is 1.95 bits per heavy atom. The van der Waals surface area contributed by atoms with Gasteiger partial charge in [0.2, 0.25) is 0 Å². The van der Waals surface area contributed by atoms with Crippen molar-refractivity contribution in [3.8, 4) is 11.5 Å². The van der Waals surface area contributed by atoms with Crippen LogP contribution in [0.4, 0.5) is 4.39 Å². The van der Waals surface area contributed by atoms with Crippen molar-refractivity contribution in [2.24, 2.45) is 0 Å². The van der Waals surface area contributed by atoms with E-state index in [0.29, 0.717) is 23.5 Å². The predicted molar refractivity (Wildman–Crippen MR) is 68.0 cm³/mol. The lowest BCUT2D eigenvalue weighted by atomic mass is 9.95. The van der Waals surface area contributed by atoms with Gasteiger partial charge >= 0.3 is 0 Å². The summed E-state index contributed by atoms with van der Waals surface area (Å²) in [5, 5.41) is 10.3. The monoisotopic (exact) mass is 265 g/mol. The van der Waals surface area contributed by atoms with Crippen molar-refractivity contribution in [3.63, 3.8) is 0 Å². The van der Waals surface area contributed by atoms with Crippen LogP contribution in [-0.4, -0.2) is 29.6 Å². The Kier molecular flexibility index (Phi) is 3.99. The third-order valence-corrected chi connectivity index (χ3v) is 3.01. The van der Waals surface area contributed by atoms with E-state index in [2.05, 4.69) is 15.4 Å². The number of hydrogen-bond acceptors (Lipinski definition) is 4. The molecular formula is C13H16FN3O2. The van der Waals surface area contributed by atoms with Crippen molar-refractivity contribution < 1.29 is 13.9 Å². The zero-order valence-electron chi connectivity index (χ0n) is 11.1. The number of rotatable bonds is 5. The lowest BCUT2D eigenvalue weighted by Gasteiger charge is -2.15. The van der Waals surface area contributed by atoms with Gasteiger partial charge in [-0.25, -0.2) is 4.39 Å². The van der Waals surface area contributed by atoms with Gasteiger partial charge in [0.25, 0.3) is 0 Å². The molecule has 0 aliphatic heterocycles. The summed E-state index contributed by atoms with van der Waals surface area (Å²) in [7, 11) is 3.01. The van der Waals surface area contributed by atoms with Crippen LogP contribution in [0.5, 0.6) is 11.5 Å². The van der Waals surface area contributed by atoms with Gasteiger partial charge in [0.05, 0.1) is 26.1 Å². The van der Waals surface area contributed by atoms with Gasteiger partial charge in [-0.3, -0.25) is 0 Å². The highest BCUT2D eigenvalue weighted by Crippen LogP contribution is 2.33. The average molecular weight is 265 g/mol. The number of ether oxygens (including phenoxy) is 2. The third kappa shape index (κ3) is 2.83. The van der Waals surface area contributed by atoms with Crippen LogP contribution in [0.3, 0.4) is 0 Å². The first-order chi connectivity index (χ1) is 9.15. The van der Waals surface area contributed by atoms with Crippen molar-refractivity contribution in [1.29, 1.82) is 0 Å². The maximum atomic E-state index is 14.1. The van der Waals surface area contributed by atoms with Gasteiger partial charge in [0.15, 0.2) is 11.5 Å². The number of nitrogens with one attached hydrogen (secondary N) is 1. The highest BCUT2D eigenvalue weighted by atomic mass is 19.1. The number of H-pyrrole nitrogens is 1. The molecule has 19 heavy (non-hydrogen) atoms. The summed E-state index contributed by atoms with van der Waals surface area (Å²) in [4.78, 5) is 0. The van der Waals surface area contributed by atoms with E-state index in [1.807, 2.05) is 6.92 Å². The fourth-order valence-electron chi connectivity index (χ4n) is 1.99. The Morgan fingerprint density at radius 1 is 1.26 bits per heavy atom. The summed E-state index contributed by atoms with van der Waals surface area (Å²) in [6, 6.07) is 3.01. The Hall–Kier alpha value is -2.11. The molecule has 0 aliphatic rings. The molecule has 0 radical (unpaired) electrons. The van der Waals surface area contributed by atoms with Crippen LogP contribution < -0.4 is 9.47 Å². The van der Waals surface area contributed by atoms with E-state index in [9.17, 15) is 4.39 Å². The molecule has 0 fully saturated rings. The Bertz CT molecular complexity index is 543. The molecule has 0 amide bonds. The maximum Gasteiger partial charge on any atom is 0.163 e. The van der Waals surface area contributed by atoms with E-state index < -0.39 is 0 Å². The standard InChI is InChI=1S/C13H16FN3O2/c1-8(4-9-7-15-17-16-9)10-5-12(18-2)13(19-3)6-11(10)14/h5-8H,4H2,1-3H3,(H,15,16,17). The SMILES string of the molecule is COc1cc(F)c(C(C)Cc2cn[nH]n2)cc1OC. The molecule has 102 valence electrons. The van der Waals surface area contributed by atoms with Crippen LogP contribution in [0, 0.1) is 5.82 Å². The van der Waals surface area contributed by atoms with Crippen LogP contribution in [-0.2, 0) is 6.42 Å². The Labute approximate surface area is 110 Å². The molecule has 0 saturated carbocycles. The molecule has 2 rings (SSSR count). The first-order valence-electron chi connectivity index (χ1n) is 5.91. The molecule has 5 nitrogen and oxygen atoms in total. The fourth-order valence-corrected chi connectivity index (χ4v) is 1.99. The van der Waals surface area contributed by atoms with Crippen molar-refractivity contribution in [1.82, 2.24) is 15.4 Å². The lowest BCUT2D eigenvalue weighted by Crippen LogP contribution is -2.03. The van der Waals surface area contributed by atoms with Crippen LogP contribution in [0.1, 0.15) is 24.1 Å². The van der Waals surface area contributed by atoms with Crippen LogP contribution in [0.2, 0.25) is 0 Å². The van der Waals surface area contributed by atoms with Crippen molar-refractivity contribution in [3.05, 3.63) is 35.4 Å². The Balaban J connectivity index is 2.28. The largest absolute Gasteiger partial charge is 0.493 e. The molecule has 1 heterocycles. The summed E-state index contributed by atoms with van der Waals surface area (Å²) in [6.45, 7) is 1.93. The van der Waals surface area contributed by atoms with E-state index in [-0.39, 0.29) is 11.7 Å². The second-order valence-electron chi connectivity index (χ2n) is 4.30. The van der Waals surface area contributed by atoms with Crippen LogP contribution >= 0.6 is 0 Å². The van der Waals surface area contributed by atoms with Gasteiger partial charge in [0.1, 0.15) is 5.82 Å². The van der Waals surface area contributed by atoms with Gasteiger partial charge in [0, 0.05) is 6.07 Å². The van der Waals surface area contributed by atoms with E-state index in [1.54, 1.807) is 12.3 Å². The summed E-state index contributed by atoms with van der Waals surface area (Å²) < 4.78 is 24.3. The quantitative estimate of drug-likeness (QED) is 0.901. The van der Waals surface area contributed by atoms with Gasteiger partial charge in [-0.1, -0.05) is 6.92 Å². The molecular weight excluding hydrogens is 249 g/mol. The minimum Gasteiger partial charge on any atom is -0.493 e. The zero-order chi connectivity index (χ0) is 13.8. The zero-order valence-corrected chi connectivity index (χ0v) is 11.1. The molecule has 2 aromatic rings. The summed E-state index contributed by atoms with van der Waals surface area (Å²) in [6.07, 6.45) is 2.23. The van der Waals surface area contributed by atoms with Gasteiger partial charge in [-0.15, -0.1) is 0 Å². The highest BCUT2D eigenvalue weighted by molar-refractivity contribution is 5.44. The molecule has 1 unspecified atom stereocenters. The third-order valence-electron chi connectivity index (χ3n) is 3.01. The molecule has 0 aliphatic carbocycles. The highest BCUT2D eigenvalue weighted by Gasteiger charge is 2.17. The van der Waals surface area contributed by atoms with Gasteiger partial charge < -0.3 is 9.47 Å². The minimum absolute atomic E-state index is 0.0371. The molecule has 0 spiro atoms. The number of aromatic nitrogens is 3. The number of methoxy groups -OCH3 is 2. The number of nitrogens with zero attached hydrogens (tertiary/aromatic N) is 2. The second-order valence-corrected chi connectivity index (χ2v) is 4.30. The van der Waals surface area contributed by atoms with Crippen LogP contribution in [0.25, 0.3) is 0 Å². The molecule has 0 saturated heterocycles. The first-order valence-corrected chi connectivity index (χ1v) is 5.91. The second kappa shape index (κ2) is 5.69. The van der Waals surface area contributed by atoms with Crippen molar-refractivity contribution in [2.75, 3.05) is 14.2 Å². The van der Waals surface area contributed by atoms with E-state index in [4.69, 9.17) is 9.47 Å². The van der Waals surface area contributed by atoms with E-state index >= 15 is 0 Å². The van der Waals surface area contributed by atoms with E-state index in [1.165, 1.54) is 20.3 Å². The summed E-state index contributed by atoms with van der Waals surface area (Å²) in [5.41, 5.74) is 1.36. The summed E-state index contributed by atoms with van der Waals surface area (Å²) >= 11 is 0. The molecule has 1 atom stereocenters. The molecule has 1 aromatic heterocycles. The normalized spacial score (nSPS) is 12.2. The number of hydrogen-bond donors (Lipinski definition) is 1. The number of halogens is 1. The topological polar surface area (TPSA) is 60.0 Å². The van der Waals surface area contributed by atoms with E-state index in [0.717, 1.165) is 5.69 Å². The minimum atomic E-state index is -0.311. The molecule has 1 N–H and O–H groups in total. The Morgan fingerprint density at radius 3 is 2.53 bits per heavy atom. The lowest BCUT2D eigenvalue weighted by molar-refractivity contribution is 0.351. The van der Waals surface area contributed by atoms with Crippen molar-refractivity contribution >= 4 is 0 Å². The predicted octanol–water partition coefficient (Wildman–Crippen LogP) is 2.31.